The molecule has 6 heteroatoms. The fourth-order valence-electron chi connectivity index (χ4n) is 3.03. The zero-order chi connectivity index (χ0) is 20.9. The Morgan fingerprint density at radius 1 is 0.967 bits per heavy atom. The number of nitrogens with zero attached hydrogens (tertiary/aromatic N) is 1. The van der Waals surface area contributed by atoms with Crippen molar-refractivity contribution in [2.24, 2.45) is 0 Å². The molecule has 30 heavy (non-hydrogen) atoms. The average molecular weight is 399 g/mol. The van der Waals surface area contributed by atoms with Gasteiger partial charge in [-0.05, 0) is 35.4 Å². The van der Waals surface area contributed by atoms with E-state index in [1.165, 1.54) is 18.2 Å². The van der Waals surface area contributed by atoms with E-state index in [0.29, 0.717) is 29.2 Å². The monoisotopic (exact) mass is 399 g/mol. The van der Waals surface area contributed by atoms with E-state index in [-0.39, 0.29) is 17.2 Å². The first-order valence-corrected chi connectivity index (χ1v) is 9.27. The number of rotatable bonds is 6. The Labute approximate surface area is 172 Å². The van der Waals surface area contributed by atoms with Gasteiger partial charge in [-0.2, -0.15) is 0 Å². The molecule has 0 saturated carbocycles. The number of fused-ring (bicyclic) bond motifs is 1. The molecule has 0 bridgehead atoms. The minimum Gasteiger partial charge on any atom is -0.489 e. The molecular weight excluding hydrogens is 382 g/mol. The number of carbonyl (C=O) groups is 1. The number of carbonyl (C=O) groups excluding carboxylic acids is 1. The summed E-state index contributed by atoms with van der Waals surface area (Å²) < 4.78 is 11.4. The third-order valence-corrected chi connectivity index (χ3v) is 4.48. The van der Waals surface area contributed by atoms with Gasteiger partial charge in [-0.15, -0.1) is 0 Å². The second-order valence-corrected chi connectivity index (χ2v) is 6.57. The van der Waals surface area contributed by atoms with Gasteiger partial charge in [-0.1, -0.05) is 48.5 Å². The summed E-state index contributed by atoms with van der Waals surface area (Å²) in [6.45, 7) is 0.373. The van der Waals surface area contributed by atoms with Gasteiger partial charge in [-0.25, -0.2) is 0 Å². The van der Waals surface area contributed by atoms with Gasteiger partial charge < -0.3 is 9.47 Å². The van der Waals surface area contributed by atoms with E-state index in [1.54, 1.807) is 30.3 Å². The lowest BCUT2D eigenvalue weighted by Gasteiger charge is -2.04. The van der Waals surface area contributed by atoms with Crippen molar-refractivity contribution in [3.63, 3.8) is 0 Å². The highest BCUT2D eigenvalue weighted by molar-refractivity contribution is 6.14. The number of hydrogen-bond donors (Lipinski definition) is 0. The summed E-state index contributed by atoms with van der Waals surface area (Å²) in [5, 5.41) is 10.9. The highest BCUT2D eigenvalue weighted by atomic mass is 16.6. The molecule has 1 aliphatic heterocycles. The maximum atomic E-state index is 12.6. The van der Waals surface area contributed by atoms with E-state index in [9.17, 15) is 14.9 Å². The van der Waals surface area contributed by atoms with Crippen molar-refractivity contribution < 1.29 is 19.2 Å². The average Bonchev–Trinajstić information content (AvgIpc) is 3.07. The molecule has 4 rings (SSSR count). The maximum Gasteiger partial charge on any atom is 0.270 e. The van der Waals surface area contributed by atoms with Gasteiger partial charge in [0.2, 0.25) is 5.78 Å². The summed E-state index contributed by atoms with van der Waals surface area (Å²) in [6.07, 6.45) is 5.37. The number of Topliss-reactive ketones (excluding diaryl/α,β-unsaturated/α-hetero) is 1. The first-order chi connectivity index (χ1) is 14.6. The predicted molar refractivity (Wildman–Crippen MR) is 113 cm³/mol. The van der Waals surface area contributed by atoms with Crippen LogP contribution in [0.5, 0.6) is 11.5 Å². The van der Waals surface area contributed by atoms with Crippen molar-refractivity contribution in [3.8, 4) is 11.5 Å². The summed E-state index contributed by atoms with van der Waals surface area (Å²) in [7, 11) is 0. The molecule has 0 saturated heterocycles. The minimum absolute atomic E-state index is 0.0495. The molecule has 1 heterocycles. The van der Waals surface area contributed by atoms with Crippen LogP contribution in [0.15, 0.2) is 84.6 Å². The fraction of sp³-hybridized carbons (Fsp3) is 0.0417. The van der Waals surface area contributed by atoms with Crippen molar-refractivity contribution in [1.82, 2.24) is 0 Å². The van der Waals surface area contributed by atoms with E-state index in [4.69, 9.17) is 9.47 Å². The van der Waals surface area contributed by atoms with Crippen LogP contribution in [0.2, 0.25) is 0 Å². The van der Waals surface area contributed by atoms with Crippen LogP contribution >= 0.6 is 0 Å². The van der Waals surface area contributed by atoms with E-state index in [2.05, 4.69) is 0 Å². The zero-order valence-corrected chi connectivity index (χ0v) is 15.9. The second-order valence-electron chi connectivity index (χ2n) is 6.57. The molecule has 0 radical (unpaired) electrons. The number of ether oxygens (including phenoxy) is 2. The van der Waals surface area contributed by atoms with Crippen LogP contribution in [-0.2, 0) is 0 Å². The predicted octanol–water partition coefficient (Wildman–Crippen LogP) is 5.30. The zero-order valence-electron chi connectivity index (χ0n) is 15.9. The Hall–Kier alpha value is -4.19. The van der Waals surface area contributed by atoms with Gasteiger partial charge in [-0.3, -0.25) is 14.9 Å². The first-order valence-electron chi connectivity index (χ1n) is 9.27. The molecular formula is C24H17NO5. The molecule has 0 amide bonds. The Morgan fingerprint density at radius 3 is 2.57 bits per heavy atom. The van der Waals surface area contributed by atoms with Crippen LogP contribution in [-0.4, -0.2) is 17.3 Å². The molecule has 3 aromatic carbocycles. The number of non-ortho nitro benzene ring substituents is 1. The van der Waals surface area contributed by atoms with Gasteiger partial charge in [0.15, 0.2) is 5.76 Å². The highest BCUT2D eigenvalue weighted by Gasteiger charge is 2.27. The van der Waals surface area contributed by atoms with Crippen LogP contribution in [0, 0.1) is 10.1 Å². The molecule has 0 aromatic heterocycles. The molecule has 6 nitrogen and oxygen atoms in total. The van der Waals surface area contributed by atoms with Crippen LogP contribution < -0.4 is 9.47 Å². The van der Waals surface area contributed by atoms with Crippen molar-refractivity contribution in [1.29, 1.82) is 0 Å². The van der Waals surface area contributed by atoms with Crippen LogP contribution in [0.1, 0.15) is 21.5 Å². The number of ketones is 1. The molecule has 0 aliphatic carbocycles. The number of benzene rings is 3. The largest absolute Gasteiger partial charge is 0.489 e. The quantitative estimate of drug-likeness (QED) is 0.319. The summed E-state index contributed by atoms with van der Waals surface area (Å²) in [4.78, 5) is 23.0. The van der Waals surface area contributed by atoms with E-state index in [0.717, 1.165) is 5.56 Å². The second kappa shape index (κ2) is 8.45. The Bertz CT molecular complexity index is 1170. The lowest BCUT2D eigenvalue weighted by atomic mass is 10.1. The minimum atomic E-state index is -0.482. The third kappa shape index (κ3) is 4.28. The molecule has 0 spiro atoms. The summed E-state index contributed by atoms with van der Waals surface area (Å²) >= 11 is 0. The van der Waals surface area contributed by atoms with Crippen LogP contribution in [0.3, 0.4) is 0 Å². The Balaban J connectivity index is 1.45. The molecule has 0 N–H and O–H groups in total. The van der Waals surface area contributed by atoms with Gasteiger partial charge >= 0.3 is 0 Å². The summed E-state index contributed by atoms with van der Waals surface area (Å²) in [5.74, 6) is 0.829. The molecule has 0 fully saturated rings. The normalized spacial score (nSPS) is 14.0. The maximum absolute atomic E-state index is 12.6. The number of nitro groups is 1. The number of hydrogen-bond acceptors (Lipinski definition) is 5. The Morgan fingerprint density at radius 2 is 1.77 bits per heavy atom. The van der Waals surface area contributed by atoms with Gasteiger partial charge in [0.05, 0.1) is 10.5 Å². The van der Waals surface area contributed by atoms with Gasteiger partial charge in [0.25, 0.3) is 5.69 Å². The Kier molecular flexibility index (Phi) is 5.39. The molecule has 148 valence electrons. The van der Waals surface area contributed by atoms with Crippen molar-refractivity contribution in [2.75, 3.05) is 6.61 Å². The van der Waals surface area contributed by atoms with E-state index in [1.807, 2.05) is 42.5 Å². The number of allylic oxidation sites excluding steroid dienone is 1. The number of nitro benzene ring substituents is 1. The van der Waals surface area contributed by atoms with Crippen molar-refractivity contribution >= 4 is 23.6 Å². The van der Waals surface area contributed by atoms with E-state index < -0.39 is 4.92 Å². The summed E-state index contributed by atoms with van der Waals surface area (Å²) in [5.41, 5.74) is 1.98. The smallest absolute Gasteiger partial charge is 0.270 e. The van der Waals surface area contributed by atoms with Crippen molar-refractivity contribution in [3.05, 3.63) is 111 Å². The lowest BCUT2D eigenvalue weighted by molar-refractivity contribution is -0.384. The fourth-order valence-corrected chi connectivity index (χ4v) is 3.03. The van der Waals surface area contributed by atoms with Gasteiger partial charge in [0.1, 0.15) is 18.1 Å². The highest BCUT2D eigenvalue weighted by Crippen LogP contribution is 2.35. The van der Waals surface area contributed by atoms with Crippen LogP contribution in [0.25, 0.3) is 12.2 Å². The molecule has 1 aliphatic rings. The SMILES string of the molecule is O=C1/C(=C/c2cccc([N+](=O)[O-])c2)Oc2cc(OC/C=C/c3ccccc3)ccc21. The summed E-state index contributed by atoms with van der Waals surface area (Å²) in [6, 6.07) is 20.9. The molecule has 3 aromatic rings. The third-order valence-electron chi connectivity index (χ3n) is 4.48. The topological polar surface area (TPSA) is 78.7 Å². The van der Waals surface area contributed by atoms with Gasteiger partial charge in [0, 0.05) is 18.2 Å². The molecule has 0 atom stereocenters. The van der Waals surface area contributed by atoms with E-state index >= 15 is 0 Å². The standard InChI is InChI=1S/C24H17NO5/c26-24-21-12-11-20(29-13-5-9-17-6-2-1-3-7-17)16-22(21)30-23(24)15-18-8-4-10-19(14-18)25(27)28/h1-12,14-16H,13H2/b9-5+,23-15-. The first kappa shape index (κ1) is 19.1. The lowest BCUT2D eigenvalue weighted by Crippen LogP contribution is -1.98. The van der Waals surface area contributed by atoms with Crippen molar-refractivity contribution in [2.45, 2.75) is 0 Å². The molecule has 0 unspecified atom stereocenters. The van der Waals surface area contributed by atoms with Crippen LogP contribution in [0.4, 0.5) is 5.69 Å².